The maximum absolute atomic E-state index is 12.5. The van der Waals surface area contributed by atoms with Gasteiger partial charge < -0.3 is 19.7 Å². The van der Waals surface area contributed by atoms with Gasteiger partial charge in [0.2, 0.25) is 0 Å². The summed E-state index contributed by atoms with van der Waals surface area (Å²) in [5.41, 5.74) is 3.15. The van der Waals surface area contributed by atoms with E-state index in [-0.39, 0.29) is 37.9 Å². The first kappa shape index (κ1) is 37.4. The van der Waals surface area contributed by atoms with E-state index in [1.807, 2.05) is 18.2 Å². The Bertz CT molecular complexity index is 1120. The van der Waals surface area contributed by atoms with E-state index in [9.17, 15) is 22.8 Å². The van der Waals surface area contributed by atoms with Crippen LogP contribution in [0, 0.1) is 5.92 Å². The predicted octanol–water partition coefficient (Wildman–Crippen LogP) is 6.71. The second kappa shape index (κ2) is 20.3. The molecule has 0 spiro atoms. The van der Waals surface area contributed by atoms with Crippen LogP contribution >= 0.6 is 0 Å². The molecule has 0 radical (unpaired) electrons. The van der Waals surface area contributed by atoms with Gasteiger partial charge in [0, 0.05) is 32.1 Å². The molecule has 1 saturated carbocycles. The van der Waals surface area contributed by atoms with Crippen molar-refractivity contribution in [3.63, 3.8) is 0 Å². The molecule has 1 fully saturated rings. The number of carbonyl (C=O) groups is 2. The van der Waals surface area contributed by atoms with Gasteiger partial charge >= 0.3 is 12.1 Å². The van der Waals surface area contributed by atoms with Crippen molar-refractivity contribution < 1.29 is 52.2 Å². The second-order valence-electron chi connectivity index (χ2n) is 9.80. The van der Waals surface area contributed by atoms with Crippen LogP contribution in [0.4, 0.5) is 13.2 Å². The lowest BCUT2D eigenvalue weighted by Gasteiger charge is -2.29. The summed E-state index contributed by atoms with van der Waals surface area (Å²) in [6.07, 6.45) is 0.908. The number of benzene rings is 2. The molecule has 11 heteroatoms. The molecule has 8 nitrogen and oxygen atoms in total. The summed E-state index contributed by atoms with van der Waals surface area (Å²) in [7, 11) is 1.52. The number of hydrogen-bond donors (Lipinski definition) is 2. The number of carbonyl (C=O) groups excluding carboxylic acids is 2. The topological polar surface area (TPSA) is 112 Å². The van der Waals surface area contributed by atoms with Crippen molar-refractivity contribution in [1.29, 1.82) is 0 Å². The molecule has 2 aromatic carbocycles. The van der Waals surface area contributed by atoms with Gasteiger partial charge in [0.05, 0.1) is 13.2 Å². The summed E-state index contributed by atoms with van der Waals surface area (Å²) < 4.78 is 47.9. The molecular formula is C32H41F3O8. The van der Waals surface area contributed by atoms with Gasteiger partial charge in [0.15, 0.2) is 12.5 Å². The highest BCUT2D eigenvalue weighted by Crippen LogP contribution is 2.40. The lowest BCUT2D eigenvalue weighted by Crippen LogP contribution is -2.16. The molecule has 238 valence electrons. The van der Waals surface area contributed by atoms with Crippen molar-refractivity contribution in [3.05, 3.63) is 72.8 Å². The van der Waals surface area contributed by atoms with Crippen LogP contribution in [0.1, 0.15) is 56.9 Å². The van der Waals surface area contributed by atoms with E-state index in [0.29, 0.717) is 23.7 Å². The van der Waals surface area contributed by atoms with Crippen molar-refractivity contribution in [1.82, 2.24) is 0 Å². The number of hydrogen-bond acceptors (Lipinski definition) is 8. The first-order valence-corrected chi connectivity index (χ1v) is 13.7. The highest BCUT2D eigenvalue weighted by atomic mass is 19.4. The van der Waals surface area contributed by atoms with Gasteiger partial charge in [-0.25, -0.2) is 4.79 Å². The number of halogens is 3. The quantitative estimate of drug-likeness (QED) is 0.0682. The van der Waals surface area contributed by atoms with E-state index in [0.717, 1.165) is 36.8 Å². The van der Waals surface area contributed by atoms with E-state index in [4.69, 9.17) is 24.6 Å². The van der Waals surface area contributed by atoms with Gasteiger partial charge in [-0.1, -0.05) is 36.9 Å². The summed E-state index contributed by atoms with van der Waals surface area (Å²) in [5.74, 6) is 0.762. The fourth-order valence-electron chi connectivity index (χ4n) is 4.24. The summed E-state index contributed by atoms with van der Waals surface area (Å²) in [5, 5.41) is 15.8. The summed E-state index contributed by atoms with van der Waals surface area (Å²) in [4.78, 5) is 30.3. The number of alkyl halides is 3. The lowest BCUT2D eigenvalue weighted by molar-refractivity contribution is -0.210. The van der Waals surface area contributed by atoms with Crippen LogP contribution in [0.15, 0.2) is 67.3 Å². The van der Waals surface area contributed by atoms with Crippen LogP contribution in [0.2, 0.25) is 0 Å². The third-order valence-electron chi connectivity index (χ3n) is 6.38. The third kappa shape index (κ3) is 15.9. The molecule has 1 aliphatic rings. The standard InChI is InChI=1S/C25H29F3O5.C4H6O2.C3H6O/c1-17(29)32-33-24-14-22(13-23(15-24)31-16-30-2)21-9-7-20(8-10-21)19-5-3-18(4-6-19)11-12-25(26,27)28;1-4(2-5)3-6;1-2-3-4/h7-10,13-15,18-19H,3-6,11-12,16H2,1-2H3;2,6H,1,3H2;2,4H,1,3H2. The first-order valence-electron chi connectivity index (χ1n) is 13.7. The van der Waals surface area contributed by atoms with Gasteiger partial charge in [0.1, 0.15) is 12.0 Å². The number of aldehydes is 1. The number of methoxy groups -OCH3 is 1. The molecule has 0 heterocycles. The summed E-state index contributed by atoms with van der Waals surface area (Å²) in [6, 6.07) is 13.3. The Kier molecular flexibility index (Phi) is 17.6. The lowest BCUT2D eigenvalue weighted by atomic mass is 9.77. The van der Waals surface area contributed by atoms with Crippen LogP contribution in [0.3, 0.4) is 0 Å². The predicted molar refractivity (Wildman–Crippen MR) is 156 cm³/mol. The largest absolute Gasteiger partial charge is 0.467 e. The van der Waals surface area contributed by atoms with Gasteiger partial charge in [-0.3, -0.25) is 14.6 Å². The van der Waals surface area contributed by atoms with Crippen molar-refractivity contribution >= 4 is 12.3 Å². The SMILES string of the molecule is C=C(C=O)CO.C=CCO.COCOc1cc(OOC(C)=O)cc(-c2ccc(C3CCC(CCC(F)(F)F)CC3)cc2)c1. The maximum atomic E-state index is 12.5. The highest BCUT2D eigenvalue weighted by molar-refractivity contribution is 5.72. The van der Waals surface area contributed by atoms with Gasteiger partial charge in [0.25, 0.3) is 0 Å². The van der Waals surface area contributed by atoms with Crippen LogP contribution in [-0.2, 0) is 19.2 Å². The Labute approximate surface area is 250 Å². The van der Waals surface area contributed by atoms with Crippen LogP contribution in [0.5, 0.6) is 11.5 Å². The molecule has 3 rings (SSSR count). The first-order chi connectivity index (χ1) is 20.5. The van der Waals surface area contributed by atoms with Crippen molar-refractivity contribution in [2.75, 3.05) is 27.1 Å². The van der Waals surface area contributed by atoms with E-state index in [1.54, 1.807) is 12.1 Å². The summed E-state index contributed by atoms with van der Waals surface area (Å²) >= 11 is 0. The molecule has 0 aliphatic heterocycles. The number of rotatable bonds is 12. The smallest absolute Gasteiger partial charge is 0.389 e. The zero-order valence-electron chi connectivity index (χ0n) is 24.6. The van der Waals surface area contributed by atoms with E-state index >= 15 is 0 Å². The van der Waals surface area contributed by atoms with Gasteiger partial charge in [-0.15, -0.1) is 6.58 Å². The van der Waals surface area contributed by atoms with Gasteiger partial charge in [-0.2, -0.15) is 13.2 Å². The van der Waals surface area contributed by atoms with Crippen LogP contribution < -0.4 is 9.62 Å². The molecule has 2 N–H and O–H groups in total. The van der Waals surface area contributed by atoms with E-state index in [2.05, 4.69) is 30.2 Å². The van der Waals surface area contributed by atoms with Crippen LogP contribution in [-0.4, -0.2) is 55.8 Å². The monoisotopic (exact) mass is 610 g/mol. The average Bonchev–Trinajstić information content (AvgIpc) is 3.01. The van der Waals surface area contributed by atoms with Crippen molar-refractivity contribution in [2.24, 2.45) is 5.92 Å². The Morgan fingerprint density at radius 1 is 1.02 bits per heavy atom. The summed E-state index contributed by atoms with van der Waals surface area (Å²) in [6.45, 7) is 7.55. The molecule has 1 aliphatic carbocycles. The third-order valence-corrected chi connectivity index (χ3v) is 6.38. The molecular weight excluding hydrogens is 569 g/mol. The van der Waals surface area contributed by atoms with Crippen LogP contribution in [0.25, 0.3) is 11.1 Å². The van der Waals surface area contributed by atoms with Crippen molar-refractivity contribution in [2.45, 2.75) is 57.5 Å². The van der Waals surface area contributed by atoms with E-state index < -0.39 is 18.6 Å². The molecule has 0 atom stereocenters. The minimum absolute atomic E-state index is 0.0566. The Hall–Kier alpha value is -3.67. The van der Waals surface area contributed by atoms with Gasteiger partial charge in [-0.05, 0) is 72.8 Å². The minimum atomic E-state index is -4.07. The Morgan fingerprint density at radius 3 is 2.09 bits per heavy atom. The van der Waals surface area contributed by atoms with Crippen molar-refractivity contribution in [3.8, 4) is 22.6 Å². The minimum Gasteiger partial charge on any atom is -0.467 e. The molecule has 0 saturated heterocycles. The Morgan fingerprint density at radius 2 is 1.63 bits per heavy atom. The van der Waals surface area contributed by atoms with E-state index in [1.165, 1.54) is 25.7 Å². The zero-order valence-corrected chi connectivity index (χ0v) is 24.6. The number of ether oxygens (including phenoxy) is 2. The molecule has 43 heavy (non-hydrogen) atoms. The fourth-order valence-corrected chi connectivity index (χ4v) is 4.24. The molecule has 0 amide bonds. The highest BCUT2D eigenvalue weighted by Gasteiger charge is 2.30. The normalized spacial score (nSPS) is 15.9. The molecule has 0 unspecified atom stereocenters. The second-order valence-corrected chi connectivity index (χ2v) is 9.80. The molecule has 0 bridgehead atoms. The average molecular weight is 611 g/mol. The molecule has 0 aromatic heterocycles. The number of aliphatic hydroxyl groups is 2. The maximum Gasteiger partial charge on any atom is 0.389 e. The fraction of sp³-hybridized carbons (Fsp3) is 0.438. The Balaban J connectivity index is 0.000000798. The zero-order chi connectivity index (χ0) is 32.3. The molecule has 2 aromatic rings. The number of aliphatic hydroxyl groups excluding tert-OH is 2.